The van der Waals surface area contributed by atoms with Gasteiger partial charge in [-0.1, -0.05) is 0 Å². The van der Waals surface area contributed by atoms with Gasteiger partial charge < -0.3 is 30.2 Å². The molecule has 11 heteroatoms. The summed E-state index contributed by atoms with van der Waals surface area (Å²) < 4.78 is 18.0. The molecular weight excluding hydrogens is 446 g/mol. The topological polar surface area (TPSA) is 121 Å². The van der Waals surface area contributed by atoms with Crippen molar-refractivity contribution in [1.29, 1.82) is 0 Å². The zero-order chi connectivity index (χ0) is 21.8. The number of aromatic nitrogens is 2. The average Bonchev–Trinajstić information content (AvgIpc) is 3.15. The van der Waals surface area contributed by atoms with Crippen molar-refractivity contribution in [3.05, 3.63) is 10.2 Å². The number of nitrogens with zero attached hydrogens (tertiary/aromatic N) is 3. The second-order valence-corrected chi connectivity index (χ2v) is 8.63. The number of anilines is 1. The van der Waals surface area contributed by atoms with Crippen LogP contribution in [0.4, 0.5) is 10.6 Å². The summed E-state index contributed by atoms with van der Waals surface area (Å²) in [4.78, 5) is 26.3. The summed E-state index contributed by atoms with van der Waals surface area (Å²) in [6.07, 6.45) is 0.190. The van der Waals surface area contributed by atoms with Gasteiger partial charge in [0.2, 0.25) is 0 Å². The van der Waals surface area contributed by atoms with Gasteiger partial charge in [-0.25, -0.2) is 9.48 Å². The van der Waals surface area contributed by atoms with Crippen LogP contribution in [0.1, 0.15) is 43.6 Å². The van der Waals surface area contributed by atoms with E-state index in [9.17, 15) is 9.59 Å². The van der Waals surface area contributed by atoms with E-state index in [0.29, 0.717) is 43.1 Å². The van der Waals surface area contributed by atoms with Gasteiger partial charge in [0.25, 0.3) is 5.91 Å². The van der Waals surface area contributed by atoms with Crippen LogP contribution in [0.2, 0.25) is 0 Å². The third kappa shape index (κ3) is 5.83. The Kier molecular flexibility index (Phi) is 7.89. The molecule has 3 N–H and O–H groups in total. The lowest BCUT2D eigenvalue weighted by atomic mass is 10.2. The third-order valence-electron chi connectivity index (χ3n) is 4.44. The standard InChI is InChI=1S/C18H30BrN5O5/c1-18(2,3)29-17(26)23-9-11(8-12(23)10-28-5)24-16(21-6-7-27-4)13(15(20)25)14(19)22-24/h11-12,21H,6-10H2,1-5H3,(H2,20,25)/t11-,12+/m0/s1. The normalized spacial score (nSPS) is 19.4. The molecule has 2 rings (SSSR count). The minimum Gasteiger partial charge on any atom is -0.444 e. The molecule has 10 nitrogen and oxygen atoms in total. The van der Waals surface area contributed by atoms with Crippen LogP contribution in [0, 0.1) is 0 Å². The molecule has 1 aliphatic heterocycles. The number of nitrogens with two attached hydrogens (primary N) is 1. The summed E-state index contributed by atoms with van der Waals surface area (Å²) in [5.74, 6) is -0.105. The number of halogens is 1. The van der Waals surface area contributed by atoms with E-state index in [1.807, 2.05) is 20.8 Å². The predicted molar refractivity (Wildman–Crippen MR) is 111 cm³/mol. The highest BCUT2D eigenvalue weighted by molar-refractivity contribution is 9.10. The Morgan fingerprint density at radius 1 is 1.31 bits per heavy atom. The Morgan fingerprint density at radius 2 is 2.00 bits per heavy atom. The zero-order valence-electron chi connectivity index (χ0n) is 17.5. The molecule has 164 valence electrons. The van der Waals surface area contributed by atoms with E-state index < -0.39 is 17.6 Å². The van der Waals surface area contributed by atoms with Crippen LogP contribution in [0.25, 0.3) is 0 Å². The molecule has 1 fully saturated rings. The molecule has 1 saturated heterocycles. The molecule has 0 spiro atoms. The molecule has 0 radical (unpaired) electrons. The maximum Gasteiger partial charge on any atom is 0.410 e. The van der Waals surface area contributed by atoms with Gasteiger partial charge >= 0.3 is 6.09 Å². The third-order valence-corrected chi connectivity index (χ3v) is 4.99. The van der Waals surface area contributed by atoms with E-state index >= 15 is 0 Å². The molecule has 29 heavy (non-hydrogen) atoms. The Bertz CT molecular complexity index is 733. The second-order valence-electron chi connectivity index (χ2n) is 7.87. The van der Waals surface area contributed by atoms with Gasteiger partial charge in [-0.15, -0.1) is 0 Å². The van der Waals surface area contributed by atoms with E-state index in [0.717, 1.165) is 0 Å². The van der Waals surface area contributed by atoms with Crippen LogP contribution in [0.15, 0.2) is 4.60 Å². The van der Waals surface area contributed by atoms with Gasteiger partial charge in [0.05, 0.1) is 25.3 Å². The van der Waals surface area contributed by atoms with E-state index in [1.165, 1.54) is 0 Å². The van der Waals surface area contributed by atoms with Crippen molar-refractivity contribution in [2.24, 2.45) is 5.73 Å². The van der Waals surface area contributed by atoms with Crippen LogP contribution in [0.3, 0.4) is 0 Å². The summed E-state index contributed by atoms with van der Waals surface area (Å²) in [5, 5.41) is 7.63. The summed E-state index contributed by atoms with van der Waals surface area (Å²) in [6, 6.07) is -0.358. The molecule has 0 aromatic carbocycles. The molecule has 0 unspecified atom stereocenters. The van der Waals surface area contributed by atoms with Crippen LogP contribution in [0.5, 0.6) is 0 Å². The van der Waals surface area contributed by atoms with Crippen molar-refractivity contribution in [3.8, 4) is 0 Å². The van der Waals surface area contributed by atoms with Gasteiger partial charge in [0.15, 0.2) is 0 Å². The van der Waals surface area contributed by atoms with Crippen LogP contribution in [-0.2, 0) is 14.2 Å². The highest BCUT2D eigenvalue weighted by atomic mass is 79.9. The van der Waals surface area contributed by atoms with Crippen molar-refractivity contribution >= 4 is 33.7 Å². The van der Waals surface area contributed by atoms with Gasteiger partial charge in [-0.05, 0) is 43.1 Å². The number of hydrogen-bond donors (Lipinski definition) is 2. The Balaban J connectivity index is 2.32. The molecule has 1 aliphatic rings. The Hall–Kier alpha value is -1.85. The smallest absolute Gasteiger partial charge is 0.410 e. The number of ether oxygens (including phenoxy) is 3. The molecule has 0 saturated carbocycles. The summed E-state index contributed by atoms with van der Waals surface area (Å²) in [7, 11) is 3.18. The first-order chi connectivity index (χ1) is 13.6. The number of likely N-dealkylation sites (tertiary alicyclic amines) is 1. The fraction of sp³-hybridized carbons (Fsp3) is 0.722. The lowest BCUT2D eigenvalue weighted by molar-refractivity contribution is 0.0145. The summed E-state index contributed by atoms with van der Waals surface area (Å²) in [6.45, 7) is 7.13. The number of carbonyl (C=O) groups excluding carboxylic acids is 2. The molecule has 2 heterocycles. The van der Waals surface area contributed by atoms with Crippen molar-refractivity contribution in [2.75, 3.05) is 45.8 Å². The number of nitrogens with one attached hydrogen (secondary N) is 1. The highest BCUT2D eigenvalue weighted by Gasteiger charge is 2.40. The van der Waals surface area contributed by atoms with Gasteiger partial charge in [-0.3, -0.25) is 4.79 Å². The number of primary amides is 1. The second kappa shape index (κ2) is 9.77. The average molecular weight is 476 g/mol. The van der Waals surface area contributed by atoms with E-state index in [1.54, 1.807) is 23.8 Å². The fourth-order valence-corrected chi connectivity index (χ4v) is 3.85. The predicted octanol–water partition coefficient (Wildman–Crippen LogP) is 2.00. The van der Waals surface area contributed by atoms with Crippen molar-refractivity contribution in [3.63, 3.8) is 0 Å². The van der Waals surface area contributed by atoms with Crippen molar-refractivity contribution in [1.82, 2.24) is 14.7 Å². The molecule has 2 amide bonds. The SMILES string of the molecule is COCCNc1c(C(N)=O)c(Br)nn1[C@H]1C[C@H](COC)N(C(=O)OC(C)(C)C)C1. The van der Waals surface area contributed by atoms with Gasteiger partial charge in [-0.2, -0.15) is 5.10 Å². The number of carbonyl (C=O) groups is 2. The maximum atomic E-state index is 12.7. The van der Waals surface area contributed by atoms with Gasteiger partial charge in [0, 0.05) is 27.3 Å². The van der Waals surface area contributed by atoms with E-state index in [2.05, 4.69) is 26.3 Å². The lowest BCUT2D eigenvalue weighted by Gasteiger charge is -2.28. The number of rotatable bonds is 8. The zero-order valence-corrected chi connectivity index (χ0v) is 19.1. The van der Waals surface area contributed by atoms with Crippen LogP contribution >= 0.6 is 15.9 Å². The first-order valence-electron chi connectivity index (χ1n) is 9.38. The minimum atomic E-state index is -0.604. The molecular formula is C18H30BrN5O5. The molecule has 2 atom stereocenters. The van der Waals surface area contributed by atoms with Crippen LogP contribution in [-0.4, -0.2) is 78.8 Å². The summed E-state index contributed by atoms with van der Waals surface area (Å²) >= 11 is 3.32. The van der Waals surface area contributed by atoms with Crippen molar-refractivity contribution < 1.29 is 23.8 Å². The Morgan fingerprint density at radius 3 is 2.55 bits per heavy atom. The fourth-order valence-electron chi connectivity index (χ4n) is 3.29. The minimum absolute atomic E-state index is 0.174. The monoisotopic (exact) mass is 475 g/mol. The lowest BCUT2D eigenvalue weighted by Crippen LogP contribution is -2.41. The molecule has 0 bridgehead atoms. The summed E-state index contributed by atoms with van der Waals surface area (Å²) in [5.41, 5.74) is 5.21. The maximum absolute atomic E-state index is 12.7. The largest absolute Gasteiger partial charge is 0.444 e. The first-order valence-corrected chi connectivity index (χ1v) is 10.2. The molecule has 0 aliphatic carbocycles. The highest BCUT2D eigenvalue weighted by Crippen LogP contribution is 2.34. The Labute approximate surface area is 179 Å². The van der Waals surface area contributed by atoms with Crippen LogP contribution < -0.4 is 11.1 Å². The van der Waals surface area contributed by atoms with E-state index in [-0.39, 0.29) is 17.6 Å². The van der Waals surface area contributed by atoms with E-state index in [4.69, 9.17) is 19.9 Å². The van der Waals surface area contributed by atoms with Crippen molar-refractivity contribution in [2.45, 2.75) is 44.9 Å². The quantitative estimate of drug-likeness (QED) is 0.551. The molecule has 1 aromatic heterocycles. The van der Waals surface area contributed by atoms with Gasteiger partial charge in [0.1, 0.15) is 21.6 Å². The number of amides is 2. The number of hydrogen-bond acceptors (Lipinski definition) is 7. The number of methoxy groups -OCH3 is 2. The first kappa shape index (κ1) is 23.4. The molecule has 1 aromatic rings.